The lowest BCUT2D eigenvalue weighted by molar-refractivity contribution is 0.640. The Hall–Kier alpha value is -4.44. The molecule has 0 aliphatic rings. The normalized spacial score (nSPS) is 11.8. The van der Waals surface area contributed by atoms with Crippen LogP contribution in [0, 0.1) is 0 Å². The molecule has 0 spiro atoms. The van der Waals surface area contributed by atoms with Crippen LogP contribution in [0.3, 0.4) is 0 Å². The fraction of sp³-hybridized carbons (Fsp3) is 0. The Morgan fingerprint density at radius 3 is 2.09 bits per heavy atom. The third kappa shape index (κ3) is 2.44. The molecule has 4 aromatic heterocycles. The van der Waals surface area contributed by atoms with Gasteiger partial charge < -0.3 is 8.98 Å². The maximum Gasteiger partial charge on any atom is 0.229 e. The van der Waals surface area contributed by atoms with Crippen LogP contribution in [0.2, 0.25) is 0 Å². The van der Waals surface area contributed by atoms with Gasteiger partial charge >= 0.3 is 0 Å². The van der Waals surface area contributed by atoms with Crippen molar-refractivity contribution in [2.24, 2.45) is 0 Å². The first-order valence-electron chi connectivity index (χ1n) is 10.6. The van der Waals surface area contributed by atoms with E-state index in [1.54, 1.807) is 6.20 Å². The average molecular weight is 411 g/mol. The lowest BCUT2D eigenvalue weighted by atomic mass is 10.1. The first-order chi connectivity index (χ1) is 15.9. The van der Waals surface area contributed by atoms with Crippen molar-refractivity contribution in [2.75, 3.05) is 0 Å². The van der Waals surface area contributed by atoms with Crippen molar-refractivity contribution < 1.29 is 4.42 Å². The summed E-state index contributed by atoms with van der Waals surface area (Å²) in [6.45, 7) is 0. The van der Waals surface area contributed by atoms with Gasteiger partial charge in [-0.25, -0.2) is 9.97 Å². The number of hydrogen-bond donors (Lipinski definition) is 0. The van der Waals surface area contributed by atoms with Crippen molar-refractivity contribution in [3.8, 4) is 16.8 Å². The van der Waals surface area contributed by atoms with E-state index in [0.29, 0.717) is 11.4 Å². The Kier molecular flexibility index (Phi) is 3.52. The summed E-state index contributed by atoms with van der Waals surface area (Å²) in [5, 5.41) is 4.48. The van der Waals surface area contributed by atoms with Crippen molar-refractivity contribution in [3.05, 3.63) is 103 Å². The summed E-state index contributed by atoms with van der Waals surface area (Å²) in [7, 11) is 0. The van der Waals surface area contributed by atoms with Gasteiger partial charge in [0.1, 0.15) is 0 Å². The van der Waals surface area contributed by atoms with E-state index >= 15 is 0 Å². The highest BCUT2D eigenvalue weighted by molar-refractivity contribution is 6.09. The van der Waals surface area contributed by atoms with E-state index in [4.69, 9.17) is 4.42 Å². The third-order valence-electron chi connectivity index (χ3n) is 6.12. The number of aromatic nitrogens is 3. The van der Waals surface area contributed by atoms with Crippen molar-refractivity contribution in [1.82, 2.24) is 14.5 Å². The number of nitrogens with zero attached hydrogens (tertiary/aromatic N) is 3. The van der Waals surface area contributed by atoms with E-state index in [9.17, 15) is 0 Å². The predicted octanol–water partition coefficient (Wildman–Crippen LogP) is 7.14. The largest absolute Gasteiger partial charge is 0.419 e. The molecule has 7 aromatic rings. The van der Waals surface area contributed by atoms with Crippen molar-refractivity contribution in [2.45, 2.75) is 0 Å². The first-order valence-corrected chi connectivity index (χ1v) is 10.6. The summed E-state index contributed by atoms with van der Waals surface area (Å²) in [4.78, 5) is 8.89. The lowest BCUT2D eigenvalue weighted by Crippen LogP contribution is -1.94. The lowest BCUT2D eigenvalue weighted by Gasteiger charge is -2.10. The SMILES string of the molecule is c1cc(-c2cnc3oc4ncccc4c3c2)cc(-n2c3ccccc3c3ccccc32)c1. The molecule has 0 bridgehead atoms. The topological polar surface area (TPSA) is 43.9 Å². The van der Waals surface area contributed by atoms with Gasteiger partial charge in [-0.05, 0) is 48.0 Å². The Balaban J connectivity index is 1.45. The fourth-order valence-electron chi connectivity index (χ4n) is 4.68. The molecule has 0 unspecified atom stereocenters. The molecule has 32 heavy (non-hydrogen) atoms. The second-order valence-electron chi connectivity index (χ2n) is 7.95. The van der Waals surface area contributed by atoms with E-state index in [0.717, 1.165) is 27.6 Å². The second kappa shape index (κ2) is 6.53. The monoisotopic (exact) mass is 411 g/mol. The van der Waals surface area contributed by atoms with Crippen LogP contribution in [-0.2, 0) is 0 Å². The molecule has 4 heterocycles. The predicted molar refractivity (Wildman–Crippen MR) is 129 cm³/mol. The van der Waals surface area contributed by atoms with Crippen LogP contribution in [0.25, 0.3) is 60.8 Å². The van der Waals surface area contributed by atoms with E-state index in [1.165, 1.54) is 21.8 Å². The Bertz CT molecular complexity index is 1740. The Labute approximate surface area is 183 Å². The molecule has 0 aliphatic heterocycles. The molecule has 4 nitrogen and oxygen atoms in total. The van der Waals surface area contributed by atoms with Crippen LogP contribution in [0.15, 0.2) is 108 Å². The molecule has 0 radical (unpaired) electrons. The number of pyridine rings is 2. The molecule has 0 saturated heterocycles. The van der Waals surface area contributed by atoms with Crippen molar-refractivity contribution in [3.63, 3.8) is 0 Å². The molecule has 7 rings (SSSR count). The molecule has 0 saturated carbocycles. The molecule has 150 valence electrons. The smallest absolute Gasteiger partial charge is 0.229 e. The average Bonchev–Trinajstić information content (AvgIpc) is 3.39. The van der Waals surface area contributed by atoms with Crippen LogP contribution in [0.1, 0.15) is 0 Å². The zero-order valence-corrected chi connectivity index (χ0v) is 17.1. The fourth-order valence-corrected chi connectivity index (χ4v) is 4.68. The van der Waals surface area contributed by atoms with E-state index in [1.807, 2.05) is 18.3 Å². The summed E-state index contributed by atoms with van der Waals surface area (Å²) in [5.41, 5.74) is 6.91. The molecular weight excluding hydrogens is 394 g/mol. The van der Waals surface area contributed by atoms with E-state index < -0.39 is 0 Å². The van der Waals surface area contributed by atoms with Crippen LogP contribution in [0.5, 0.6) is 0 Å². The third-order valence-corrected chi connectivity index (χ3v) is 6.12. The summed E-state index contributed by atoms with van der Waals surface area (Å²) in [6.07, 6.45) is 3.61. The van der Waals surface area contributed by atoms with Crippen molar-refractivity contribution >= 4 is 44.0 Å². The highest BCUT2D eigenvalue weighted by atomic mass is 16.3. The zero-order chi connectivity index (χ0) is 21.1. The van der Waals surface area contributed by atoms with Gasteiger partial charge in [-0.15, -0.1) is 0 Å². The highest BCUT2D eigenvalue weighted by Gasteiger charge is 2.13. The van der Waals surface area contributed by atoms with Gasteiger partial charge in [-0.3, -0.25) is 0 Å². The minimum atomic E-state index is 0.612. The zero-order valence-electron chi connectivity index (χ0n) is 17.1. The van der Waals surface area contributed by atoms with Gasteiger partial charge in [-0.1, -0.05) is 48.5 Å². The van der Waals surface area contributed by atoms with Crippen LogP contribution >= 0.6 is 0 Å². The van der Waals surface area contributed by atoms with Gasteiger partial charge in [0, 0.05) is 39.8 Å². The summed E-state index contributed by atoms with van der Waals surface area (Å²) >= 11 is 0. The molecule has 0 fully saturated rings. The molecule has 0 atom stereocenters. The van der Waals surface area contributed by atoms with Gasteiger partial charge in [0.25, 0.3) is 0 Å². The standard InChI is InChI=1S/C28H17N3O/c1-3-12-25-21(9-1)22-10-2-4-13-26(22)31(25)20-8-5-7-18(15-20)19-16-24-23-11-6-14-29-27(23)32-28(24)30-17-19/h1-17H. The molecule has 0 N–H and O–H groups in total. The number of para-hydroxylation sites is 2. The molecule has 0 amide bonds. The minimum Gasteiger partial charge on any atom is -0.419 e. The molecule has 0 aliphatic carbocycles. The van der Waals surface area contributed by atoms with E-state index in [-0.39, 0.29) is 0 Å². The van der Waals surface area contributed by atoms with Crippen LogP contribution in [0.4, 0.5) is 0 Å². The Morgan fingerprint density at radius 2 is 1.28 bits per heavy atom. The van der Waals surface area contributed by atoms with Gasteiger partial charge in [0.05, 0.1) is 16.4 Å². The van der Waals surface area contributed by atoms with Crippen LogP contribution < -0.4 is 0 Å². The number of benzene rings is 3. The van der Waals surface area contributed by atoms with Gasteiger partial charge in [0.2, 0.25) is 11.4 Å². The summed E-state index contributed by atoms with van der Waals surface area (Å²) < 4.78 is 8.13. The number of hydrogen-bond acceptors (Lipinski definition) is 3. The molecule has 4 heteroatoms. The summed E-state index contributed by atoms with van der Waals surface area (Å²) in [6, 6.07) is 31.8. The highest BCUT2D eigenvalue weighted by Crippen LogP contribution is 2.34. The van der Waals surface area contributed by atoms with E-state index in [2.05, 4.69) is 93.4 Å². The quantitative estimate of drug-likeness (QED) is 0.304. The number of furan rings is 1. The molecule has 3 aromatic carbocycles. The molecular formula is C28H17N3O. The first kappa shape index (κ1) is 17.3. The minimum absolute atomic E-state index is 0.612. The Morgan fingerprint density at radius 1 is 0.562 bits per heavy atom. The van der Waals surface area contributed by atoms with Crippen molar-refractivity contribution in [1.29, 1.82) is 0 Å². The van der Waals surface area contributed by atoms with Gasteiger partial charge in [0.15, 0.2) is 0 Å². The second-order valence-corrected chi connectivity index (χ2v) is 7.95. The van der Waals surface area contributed by atoms with Crippen LogP contribution in [-0.4, -0.2) is 14.5 Å². The number of fused-ring (bicyclic) bond motifs is 6. The number of rotatable bonds is 2. The maximum absolute atomic E-state index is 5.80. The maximum atomic E-state index is 5.80. The summed E-state index contributed by atoms with van der Waals surface area (Å²) in [5.74, 6) is 0. The van der Waals surface area contributed by atoms with Gasteiger partial charge in [-0.2, -0.15) is 0 Å².